The monoisotopic (exact) mass is 617 g/mol. The molecule has 2 aromatic rings. The first kappa shape index (κ1) is 32.1. The average molecular weight is 618 g/mol. The normalized spacial score (nSPS) is 22.1. The van der Waals surface area contributed by atoms with Crippen molar-refractivity contribution < 1.29 is 37.3 Å². The number of ether oxygens (including phenoxy) is 2. The smallest absolute Gasteiger partial charge is 0.457 e. The van der Waals surface area contributed by atoms with E-state index < -0.39 is 24.0 Å². The minimum atomic E-state index is -4.75. The van der Waals surface area contributed by atoms with E-state index in [-0.39, 0.29) is 23.5 Å². The number of rotatable bonds is 10. The molecule has 2 atom stereocenters. The summed E-state index contributed by atoms with van der Waals surface area (Å²) >= 11 is 0. The van der Waals surface area contributed by atoms with Crippen LogP contribution in [-0.4, -0.2) is 70.4 Å². The van der Waals surface area contributed by atoms with Crippen molar-refractivity contribution in [1.82, 2.24) is 15.1 Å². The molecule has 1 aliphatic carbocycles. The lowest BCUT2D eigenvalue weighted by Crippen LogP contribution is -2.75. The molecule has 8 nitrogen and oxygen atoms in total. The van der Waals surface area contributed by atoms with Gasteiger partial charge in [-0.3, -0.25) is 14.5 Å². The second kappa shape index (κ2) is 13.8. The van der Waals surface area contributed by atoms with Crippen molar-refractivity contribution in [3.63, 3.8) is 0 Å². The number of aliphatic hydroxyl groups excluding tert-OH is 1. The van der Waals surface area contributed by atoms with Crippen LogP contribution in [0.3, 0.4) is 0 Å². The van der Waals surface area contributed by atoms with Crippen LogP contribution in [0.4, 0.5) is 13.2 Å². The van der Waals surface area contributed by atoms with E-state index in [1.54, 1.807) is 17.0 Å². The number of piperidine rings is 1. The predicted octanol–water partition coefficient (Wildman–Crippen LogP) is 5.78. The molecule has 240 valence electrons. The fraction of sp³-hybridized carbons (Fsp3) is 0.576. The number of nitrogens with zero attached hydrogens (tertiary/aromatic N) is 2. The van der Waals surface area contributed by atoms with Crippen LogP contribution in [0.5, 0.6) is 17.2 Å². The molecule has 2 saturated heterocycles. The lowest BCUT2D eigenvalue weighted by molar-refractivity contribution is -0.274. The van der Waals surface area contributed by atoms with E-state index in [2.05, 4.69) is 21.9 Å². The van der Waals surface area contributed by atoms with Gasteiger partial charge in [-0.2, -0.15) is 0 Å². The highest BCUT2D eigenvalue weighted by atomic mass is 19.4. The number of amides is 2. The van der Waals surface area contributed by atoms with E-state index >= 15 is 0 Å². The van der Waals surface area contributed by atoms with E-state index in [9.17, 15) is 27.9 Å². The summed E-state index contributed by atoms with van der Waals surface area (Å²) in [6.45, 7) is 4.52. The zero-order valence-electron chi connectivity index (χ0n) is 25.2. The minimum Gasteiger partial charge on any atom is -0.457 e. The summed E-state index contributed by atoms with van der Waals surface area (Å²) in [4.78, 5) is 31.6. The van der Waals surface area contributed by atoms with E-state index in [4.69, 9.17) is 4.74 Å². The Hall–Kier alpha value is -3.31. The molecule has 2 heterocycles. The summed E-state index contributed by atoms with van der Waals surface area (Å²) < 4.78 is 46.8. The number of benzene rings is 2. The van der Waals surface area contributed by atoms with Crippen LogP contribution in [0, 0.1) is 5.92 Å². The number of piperazine rings is 1. The number of aliphatic hydroxyl groups is 1. The molecule has 1 spiro atoms. The van der Waals surface area contributed by atoms with Crippen LogP contribution < -0.4 is 14.8 Å². The van der Waals surface area contributed by atoms with Crippen LogP contribution in [0.2, 0.25) is 0 Å². The number of halogens is 3. The minimum absolute atomic E-state index is 0.0390. The van der Waals surface area contributed by atoms with Gasteiger partial charge < -0.3 is 24.8 Å². The van der Waals surface area contributed by atoms with Crippen molar-refractivity contribution >= 4 is 11.8 Å². The number of nitrogens with one attached hydrogen (secondary N) is 1. The molecule has 2 N–H and O–H groups in total. The summed E-state index contributed by atoms with van der Waals surface area (Å²) in [7, 11) is 0. The van der Waals surface area contributed by atoms with Crippen LogP contribution in [0.1, 0.15) is 70.3 Å². The average Bonchev–Trinajstić information content (AvgIpc) is 3.01. The Labute approximate surface area is 256 Å². The SMILES string of the molecule is CCCCN1C(=O)[C@@H]([C@H](O)C2CCCCC2)NC(=O)C12CCN(Cc1ccc(Oc3ccc(OC(F)(F)F)cc3)cc1)CC2. The fourth-order valence-corrected chi connectivity index (χ4v) is 6.80. The first-order chi connectivity index (χ1) is 21.1. The van der Waals surface area contributed by atoms with Crippen molar-refractivity contribution in [2.24, 2.45) is 5.92 Å². The van der Waals surface area contributed by atoms with Crippen LogP contribution >= 0.6 is 0 Å². The number of alkyl halides is 3. The molecule has 0 aromatic heterocycles. The van der Waals surface area contributed by atoms with Crippen molar-refractivity contribution in [2.75, 3.05) is 19.6 Å². The van der Waals surface area contributed by atoms with E-state index in [1.807, 2.05) is 12.1 Å². The van der Waals surface area contributed by atoms with Gasteiger partial charge in [0.05, 0.1) is 6.10 Å². The molecule has 5 rings (SSSR count). The maximum atomic E-state index is 13.8. The number of hydrogen-bond donors (Lipinski definition) is 2. The second-order valence-electron chi connectivity index (χ2n) is 12.3. The second-order valence-corrected chi connectivity index (χ2v) is 12.3. The quantitative estimate of drug-likeness (QED) is 0.351. The molecule has 3 fully saturated rings. The standard InChI is InChI=1S/C33H42F3N3O5/c1-2-3-19-39-30(41)28(29(40)24-7-5-4-6-8-24)37-31(42)32(39)17-20-38(21-18-32)22-23-9-11-25(12-10-23)43-26-13-15-27(16-14-26)44-33(34,35)36/h9-16,24,28-29,40H,2-8,17-22H2,1H3,(H,37,42)/t28-,29-/m1/s1. The highest BCUT2D eigenvalue weighted by Gasteiger charge is 2.55. The molecule has 11 heteroatoms. The van der Waals surface area contributed by atoms with Gasteiger partial charge in [0.15, 0.2) is 0 Å². The lowest BCUT2D eigenvalue weighted by Gasteiger charge is -2.52. The number of likely N-dealkylation sites (tertiary alicyclic amines) is 1. The number of carbonyl (C=O) groups excluding carboxylic acids is 2. The summed E-state index contributed by atoms with van der Waals surface area (Å²) in [6, 6.07) is 11.8. The van der Waals surface area contributed by atoms with E-state index in [1.165, 1.54) is 24.3 Å². The highest BCUT2D eigenvalue weighted by Crippen LogP contribution is 2.37. The van der Waals surface area contributed by atoms with Gasteiger partial charge in [0, 0.05) is 26.2 Å². The van der Waals surface area contributed by atoms with Crippen LogP contribution in [0.15, 0.2) is 48.5 Å². The topological polar surface area (TPSA) is 91.3 Å². The third-order valence-electron chi connectivity index (χ3n) is 9.27. The largest absolute Gasteiger partial charge is 0.573 e. The summed E-state index contributed by atoms with van der Waals surface area (Å²) in [6.07, 6.45) is 2.16. The Morgan fingerprint density at radius 3 is 2.14 bits per heavy atom. The molecular formula is C33H42F3N3O5. The number of unbranched alkanes of at least 4 members (excludes halogenated alkanes) is 1. The molecule has 0 bridgehead atoms. The third kappa shape index (κ3) is 7.48. The zero-order valence-corrected chi connectivity index (χ0v) is 25.2. The fourth-order valence-electron chi connectivity index (χ4n) is 6.80. The predicted molar refractivity (Wildman–Crippen MR) is 158 cm³/mol. The van der Waals surface area contributed by atoms with Crippen molar-refractivity contribution in [1.29, 1.82) is 0 Å². The Morgan fingerprint density at radius 2 is 1.55 bits per heavy atom. The molecule has 44 heavy (non-hydrogen) atoms. The van der Waals surface area contributed by atoms with Crippen LogP contribution in [-0.2, 0) is 16.1 Å². The Balaban J connectivity index is 1.18. The molecule has 2 aromatic carbocycles. The molecule has 2 amide bonds. The van der Waals surface area contributed by atoms with Gasteiger partial charge in [-0.1, -0.05) is 44.7 Å². The van der Waals surface area contributed by atoms with Gasteiger partial charge in [-0.05, 0) is 80.0 Å². The maximum Gasteiger partial charge on any atom is 0.573 e. The molecule has 1 saturated carbocycles. The first-order valence-electron chi connectivity index (χ1n) is 15.7. The summed E-state index contributed by atoms with van der Waals surface area (Å²) in [5.41, 5.74) is 0.147. The van der Waals surface area contributed by atoms with Gasteiger partial charge in [-0.15, -0.1) is 13.2 Å². The van der Waals surface area contributed by atoms with Gasteiger partial charge in [-0.25, -0.2) is 0 Å². The molecule has 2 aliphatic heterocycles. The first-order valence-corrected chi connectivity index (χ1v) is 15.7. The van der Waals surface area contributed by atoms with Crippen molar-refractivity contribution in [2.45, 2.75) is 95.3 Å². The van der Waals surface area contributed by atoms with Crippen LogP contribution in [0.25, 0.3) is 0 Å². The molecule has 0 radical (unpaired) electrons. The molecule has 3 aliphatic rings. The molecule has 0 unspecified atom stereocenters. The summed E-state index contributed by atoms with van der Waals surface area (Å²) in [5.74, 6) is 0.357. The van der Waals surface area contributed by atoms with E-state index in [0.717, 1.165) is 50.5 Å². The Kier molecular flexibility index (Phi) is 10.0. The van der Waals surface area contributed by atoms with Gasteiger partial charge in [0.1, 0.15) is 28.8 Å². The number of carbonyl (C=O) groups is 2. The van der Waals surface area contributed by atoms with Gasteiger partial charge >= 0.3 is 6.36 Å². The molecular weight excluding hydrogens is 575 g/mol. The van der Waals surface area contributed by atoms with E-state index in [0.29, 0.717) is 50.5 Å². The van der Waals surface area contributed by atoms with Crippen molar-refractivity contribution in [3.05, 3.63) is 54.1 Å². The Bertz CT molecular complexity index is 1260. The highest BCUT2D eigenvalue weighted by molar-refractivity contribution is 6.00. The maximum absolute atomic E-state index is 13.8. The lowest BCUT2D eigenvalue weighted by atomic mass is 9.78. The van der Waals surface area contributed by atoms with Gasteiger partial charge in [0.2, 0.25) is 11.8 Å². The summed E-state index contributed by atoms with van der Waals surface area (Å²) in [5, 5.41) is 14.1. The Morgan fingerprint density at radius 1 is 0.955 bits per heavy atom. The number of hydrogen-bond acceptors (Lipinski definition) is 6. The zero-order chi connectivity index (χ0) is 31.3. The van der Waals surface area contributed by atoms with Crippen molar-refractivity contribution in [3.8, 4) is 17.2 Å². The third-order valence-corrected chi connectivity index (χ3v) is 9.27. The van der Waals surface area contributed by atoms with Gasteiger partial charge in [0.25, 0.3) is 0 Å².